The average molecular weight is 377 g/mol. The minimum absolute atomic E-state index is 0.0787. The van der Waals surface area contributed by atoms with Crippen LogP contribution in [0.3, 0.4) is 0 Å². The summed E-state index contributed by atoms with van der Waals surface area (Å²) in [5.74, 6) is 1.62. The summed E-state index contributed by atoms with van der Waals surface area (Å²) in [6.45, 7) is 2.43. The van der Waals surface area contributed by atoms with Gasteiger partial charge in [-0.2, -0.15) is 0 Å². The van der Waals surface area contributed by atoms with E-state index in [4.69, 9.17) is 4.98 Å². The first-order chi connectivity index (χ1) is 13.7. The lowest BCUT2D eigenvalue weighted by atomic mass is 9.85. The Bertz CT molecular complexity index is 880. The SMILES string of the molecule is CC(NCC(=O)NC1CCC(c2nc3ccccc3[nH]2)CC1)c1ccccc1. The van der Waals surface area contributed by atoms with Gasteiger partial charge in [-0.1, -0.05) is 42.5 Å². The van der Waals surface area contributed by atoms with Crippen molar-refractivity contribution in [3.8, 4) is 0 Å². The normalized spacial score (nSPS) is 20.8. The van der Waals surface area contributed by atoms with E-state index in [1.165, 1.54) is 5.56 Å². The van der Waals surface area contributed by atoms with Crippen LogP contribution in [0.2, 0.25) is 0 Å². The highest BCUT2D eigenvalue weighted by Crippen LogP contribution is 2.32. The van der Waals surface area contributed by atoms with Crippen LogP contribution in [0.4, 0.5) is 0 Å². The van der Waals surface area contributed by atoms with E-state index in [0.717, 1.165) is 42.5 Å². The quantitative estimate of drug-likeness (QED) is 0.608. The summed E-state index contributed by atoms with van der Waals surface area (Å²) in [5, 5.41) is 6.50. The first-order valence-electron chi connectivity index (χ1n) is 10.2. The lowest BCUT2D eigenvalue weighted by Gasteiger charge is -2.28. The number of carbonyl (C=O) groups excluding carboxylic acids is 1. The van der Waals surface area contributed by atoms with Crippen LogP contribution in [0.5, 0.6) is 0 Å². The smallest absolute Gasteiger partial charge is 0.234 e. The van der Waals surface area contributed by atoms with Gasteiger partial charge in [0.1, 0.15) is 5.82 Å². The van der Waals surface area contributed by atoms with Crippen molar-refractivity contribution in [2.24, 2.45) is 0 Å². The maximum Gasteiger partial charge on any atom is 0.234 e. The number of hydrogen-bond donors (Lipinski definition) is 3. The van der Waals surface area contributed by atoms with Crippen molar-refractivity contribution in [2.45, 2.75) is 50.6 Å². The number of aromatic nitrogens is 2. The van der Waals surface area contributed by atoms with Crippen LogP contribution in [0, 0.1) is 0 Å². The molecule has 5 nitrogen and oxygen atoms in total. The van der Waals surface area contributed by atoms with Crippen molar-refractivity contribution >= 4 is 16.9 Å². The molecule has 1 aromatic heterocycles. The zero-order valence-corrected chi connectivity index (χ0v) is 16.3. The Hall–Kier alpha value is -2.66. The summed E-state index contributed by atoms with van der Waals surface area (Å²) in [7, 11) is 0. The van der Waals surface area contributed by atoms with Crippen LogP contribution in [-0.2, 0) is 4.79 Å². The van der Waals surface area contributed by atoms with Gasteiger partial charge in [0.05, 0.1) is 17.6 Å². The molecule has 3 N–H and O–H groups in total. The summed E-state index contributed by atoms with van der Waals surface area (Å²) in [4.78, 5) is 20.5. The molecule has 1 unspecified atom stereocenters. The van der Waals surface area contributed by atoms with Gasteiger partial charge >= 0.3 is 0 Å². The second-order valence-corrected chi connectivity index (χ2v) is 7.77. The van der Waals surface area contributed by atoms with E-state index in [-0.39, 0.29) is 18.0 Å². The molecule has 1 aliphatic rings. The number of imidazole rings is 1. The Kier molecular flexibility index (Phi) is 5.72. The second-order valence-electron chi connectivity index (χ2n) is 7.77. The molecular formula is C23H28N4O. The van der Waals surface area contributed by atoms with Crippen LogP contribution in [0.15, 0.2) is 54.6 Å². The highest BCUT2D eigenvalue weighted by Gasteiger charge is 2.25. The Balaban J connectivity index is 1.23. The maximum absolute atomic E-state index is 12.3. The van der Waals surface area contributed by atoms with Crippen molar-refractivity contribution in [3.05, 3.63) is 66.0 Å². The van der Waals surface area contributed by atoms with E-state index in [2.05, 4.69) is 40.7 Å². The summed E-state index contributed by atoms with van der Waals surface area (Å²) >= 11 is 0. The number of nitrogens with zero attached hydrogens (tertiary/aromatic N) is 1. The largest absolute Gasteiger partial charge is 0.352 e. The third-order valence-corrected chi connectivity index (χ3v) is 5.76. The topological polar surface area (TPSA) is 69.8 Å². The van der Waals surface area contributed by atoms with Gasteiger partial charge in [-0.3, -0.25) is 4.79 Å². The average Bonchev–Trinajstić information content (AvgIpc) is 3.17. The number of hydrogen-bond acceptors (Lipinski definition) is 3. The first-order valence-corrected chi connectivity index (χ1v) is 10.2. The van der Waals surface area contributed by atoms with Gasteiger partial charge in [-0.05, 0) is 50.3 Å². The first kappa shape index (κ1) is 18.7. The highest BCUT2D eigenvalue weighted by atomic mass is 16.2. The number of aromatic amines is 1. The number of rotatable bonds is 6. The van der Waals surface area contributed by atoms with Gasteiger partial charge in [0, 0.05) is 18.0 Å². The minimum atomic E-state index is 0.0787. The molecule has 146 valence electrons. The Morgan fingerprint density at radius 1 is 1.07 bits per heavy atom. The van der Waals surface area contributed by atoms with Crippen molar-refractivity contribution in [2.75, 3.05) is 6.54 Å². The third kappa shape index (κ3) is 4.42. The lowest BCUT2D eigenvalue weighted by molar-refractivity contribution is -0.121. The summed E-state index contributed by atoms with van der Waals surface area (Å²) in [6, 6.07) is 18.8. The second kappa shape index (κ2) is 8.57. The number of H-pyrrole nitrogens is 1. The molecule has 2 aromatic carbocycles. The van der Waals surface area contributed by atoms with Crippen molar-refractivity contribution < 1.29 is 4.79 Å². The Morgan fingerprint density at radius 3 is 2.54 bits per heavy atom. The Labute approximate surface area is 166 Å². The van der Waals surface area contributed by atoms with Gasteiger partial charge in [0.15, 0.2) is 0 Å². The Morgan fingerprint density at radius 2 is 1.79 bits per heavy atom. The third-order valence-electron chi connectivity index (χ3n) is 5.76. The van der Waals surface area contributed by atoms with E-state index < -0.39 is 0 Å². The van der Waals surface area contributed by atoms with Gasteiger partial charge in [0.2, 0.25) is 5.91 Å². The molecule has 0 bridgehead atoms. The fraction of sp³-hybridized carbons (Fsp3) is 0.391. The maximum atomic E-state index is 12.3. The van der Waals surface area contributed by atoms with E-state index in [0.29, 0.717) is 12.5 Å². The zero-order valence-electron chi connectivity index (χ0n) is 16.3. The highest BCUT2D eigenvalue weighted by molar-refractivity contribution is 5.78. The standard InChI is InChI=1S/C23H28N4O/c1-16(17-7-3-2-4-8-17)24-15-22(28)25-19-13-11-18(12-14-19)23-26-20-9-5-6-10-21(20)27-23/h2-10,16,18-19,24H,11-15H2,1H3,(H,25,28)(H,26,27). The fourth-order valence-electron chi connectivity index (χ4n) is 4.06. The molecule has 1 atom stereocenters. The van der Waals surface area contributed by atoms with E-state index in [1.807, 2.05) is 36.4 Å². The molecule has 1 fully saturated rings. The lowest BCUT2D eigenvalue weighted by Crippen LogP contribution is -2.42. The summed E-state index contributed by atoms with van der Waals surface area (Å²) < 4.78 is 0. The summed E-state index contributed by atoms with van der Waals surface area (Å²) in [5.41, 5.74) is 3.33. The number of carbonyl (C=O) groups is 1. The number of nitrogens with one attached hydrogen (secondary N) is 3. The number of fused-ring (bicyclic) bond motifs is 1. The van der Waals surface area contributed by atoms with Gasteiger partial charge in [-0.15, -0.1) is 0 Å². The molecule has 4 rings (SSSR count). The number of para-hydroxylation sites is 2. The number of amides is 1. The van der Waals surface area contributed by atoms with Crippen molar-refractivity contribution in [1.82, 2.24) is 20.6 Å². The van der Waals surface area contributed by atoms with E-state index in [1.54, 1.807) is 0 Å². The van der Waals surface area contributed by atoms with Crippen LogP contribution in [0.25, 0.3) is 11.0 Å². The monoisotopic (exact) mass is 376 g/mol. The van der Waals surface area contributed by atoms with Gasteiger partial charge in [0.25, 0.3) is 0 Å². The van der Waals surface area contributed by atoms with Crippen LogP contribution >= 0.6 is 0 Å². The van der Waals surface area contributed by atoms with E-state index >= 15 is 0 Å². The molecule has 1 amide bonds. The van der Waals surface area contributed by atoms with Crippen molar-refractivity contribution in [3.63, 3.8) is 0 Å². The van der Waals surface area contributed by atoms with E-state index in [9.17, 15) is 4.79 Å². The molecule has 0 spiro atoms. The van der Waals surface area contributed by atoms with Crippen molar-refractivity contribution in [1.29, 1.82) is 0 Å². The zero-order chi connectivity index (χ0) is 19.3. The van der Waals surface area contributed by atoms with Crippen LogP contribution in [0.1, 0.15) is 56.0 Å². The minimum Gasteiger partial charge on any atom is -0.352 e. The molecule has 1 saturated carbocycles. The fourth-order valence-corrected chi connectivity index (χ4v) is 4.06. The van der Waals surface area contributed by atoms with Crippen LogP contribution < -0.4 is 10.6 Å². The molecular weight excluding hydrogens is 348 g/mol. The molecule has 1 heterocycles. The predicted octanol–water partition coefficient (Wildman–Crippen LogP) is 4.06. The molecule has 28 heavy (non-hydrogen) atoms. The molecule has 1 aliphatic carbocycles. The number of benzene rings is 2. The molecule has 0 aliphatic heterocycles. The van der Waals surface area contributed by atoms with Gasteiger partial charge in [-0.25, -0.2) is 4.98 Å². The molecule has 3 aromatic rings. The predicted molar refractivity (Wildman–Crippen MR) is 112 cm³/mol. The van der Waals surface area contributed by atoms with Gasteiger partial charge < -0.3 is 15.6 Å². The molecule has 5 heteroatoms. The molecule has 0 saturated heterocycles. The molecule has 0 radical (unpaired) electrons. The van der Waals surface area contributed by atoms with Crippen LogP contribution in [-0.4, -0.2) is 28.5 Å². The summed E-state index contributed by atoms with van der Waals surface area (Å²) in [6.07, 6.45) is 4.11.